The molecule has 2 heterocycles. The molecular formula is C26H24ClN5O3S. The molecule has 1 amide bonds. The molecule has 0 saturated carbocycles. The van der Waals surface area contributed by atoms with Gasteiger partial charge in [-0.2, -0.15) is 15.6 Å². The van der Waals surface area contributed by atoms with E-state index in [1.54, 1.807) is 12.1 Å². The van der Waals surface area contributed by atoms with Crippen molar-refractivity contribution < 1.29 is 13.2 Å². The van der Waals surface area contributed by atoms with E-state index < -0.39 is 15.7 Å². The first-order chi connectivity index (χ1) is 17.2. The standard InChI is InChI=1S/C26H24ClN5O3S/c1-17-4-9-23(22(27)15-17)32-25(19-7-5-18(6-8-19)3-2-12-28)21(16-29)24(31-32)26(33)30-20-10-13-36(34,35)14-11-20/h4-9,15,20H,2-3,10-11,13-14H2,1H3,(H,30,33). The summed E-state index contributed by atoms with van der Waals surface area (Å²) in [5.74, 6) is -0.510. The monoisotopic (exact) mass is 521 g/mol. The molecule has 1 aliphatic rings. The van der Waals surface area contributed by atoms with Gasteiger partial charge in [0.2, 0.25) is 0 Å². The Morgan fingerprint density at radius 3 is 2.47 bits per heavy atom. The van der Waals surface area contributed by atoms with Crippen LogP contribution in [0.1, 0.15) is 46.4 Å². The smallest absolute Gasteiger partial charge is 0.273 e. The van der Waals surface area contributed by atoms with E-state index in [0.717, 1.165) is 11.1 Å². The minimum atomic E-state index is -3.08. The van der Waals surface area contributed by atoms with Gasteiger partial charge in [0, 0.05) is 18.0 Å². The van der Waals surface area contributed by atoms with Crippen molar-refractivity contribution in [2.45, 2.75) is 38.6 Å². The summed E-state index contributed by atoms with van der Waals surface area (Å²) in [6, 6.07) is 16.8. The van der Waals surface area contributed by atoms with Gasteiger partial charge in [0.05, 0.1) is 34.0 Å². The predicted octanol–water partition coefficient (Wildman–Crippen LogP) is 4.14. The van der Waals surface area contributed by atoms with Crippen molar-refractivity contribution in [3.8, 4) is 29.1 Å². The van der Waals surface area contributed by atoms with Crippen LogP contribution in [-0.2, 0) is 16.3 Å². The van der Waals surface area contributed by atoms with Crippen LogP contribution in [0.25, 0.3) is 16.9 Å². The third kappa shape index (κ3) is 5.43. The van der Waals surface area contributed by atoms with E-state index in [4.69, 9.17) is 16.9 Å². The Balaban J connectivity index is 1.78. The van der Waals surface area contributed by atoms with E-state index in [1.165, 1.54) is 4.68 Å². The maximum absolute atomic E-state index is 13.2. The second-order valence-electron chi connectivity index (χ2n) is 8.81. The fourth-order valence-corrected chi connectivity index (χ4v) is 6.03. The molecule has 0 unspecified atom stereocenters. The Labute approximate surface area is 215 Å². The van der Waals surface area contributed by atoms with Crippen LogP contribution in [-0.4, -0.2) is 41.7 Å². The number of carbonyl (C=O) groups excluding carboxylic acids is 1. The minimum absolute atomic E-state index is 0.0138. The zero-order chi connectivity index (χ0) is 25.9. The molecule has 0 atom stereocenters. The summed E-state index contributed by atoms with van der Waals surface area (Å²) in [7, 11) is -3.08. The number of hydrogen-bond donors (Lipinski definition) is 1. The lowest BCUT2D eigenvalue weighted by atomic mass is 10.0. The van der Waals surface area contributed by atoms with Gasteiger partial charge in [-0.05, 0) is 49.4 Å². The van der Waals surface area contributed by atoms with Crippen LogP contribution < -0.4 is 5.32 Å². The molecule has 2 aromatic carbocycles. The van der Waals surface area contributed by atoms with Crippen LogP contribution >= 0.6 is 11.6 Å². The maximum Gasteiger partial charge on any atom is 0.273 e. The molecule has 8 nitrogen and oxygen atoms in total. The van der Waals surface area contributed by atoms with Crippen molar-refractivity contribution in [1.29, 1.82) is 10.5 Å². The van der Waals surface area contributed by atoms with E-state index in [1.807, 2.05) is 37.3 Å². The highest BCUT2D eigenvalue weighted by atomic mass is 35.5. The van der Waals surface area contributed by atoms with Crippen molar-refractivity contribution in [2.75, 3.05) is 11.5 Å². The fourth-order valence-electron chi connectivity index (χ4n) is 4.23. The molecule has 1 N–H and O–H groups in total. The van der Waals surface area contributed by atoms with Crippen molar-refractivity contribution in [3.63, 3.8) is 0 Å². The van der Waals surface area contributed by atoms with Crippen molar-refractivity contribution in [1.82, 2.24) is 15.1 Å². The normalized spacial score (nSPS) is 15.1. The maximum atomic E-state index is 13.2. The highest BCUT2D eigenvalue weighted by Gasteiger charge is 2.29. The lowest BCUT2D eigenvalue weighted by Gasteiger charge is -2.22. The van der Waals surface area contributed by atoms with E-state index in [2.05, 4.69) is 22.6 Å². The SMILES string of the molecule is Cc1ccc(-n2nc(C(=O)NC3CCS(=O)(=O)CC3)c(C#N)c2-c2ccc(CCC#N)cc2)c(Cl)c1. The molecule has 3 aromatic rings. The van der Waals surface area contributed by atoms with Crippen LogP contribution in [0.4, 0.5) is 0 Å². The number of halogens is 1. The summed E-state index contributed by atoms with van der Waals surface area (Å²) in [4.78, 5) is 13.2. The van der Waals surface area contributed by atoms with Crippen LogP contribution in [0.15, 0.2) is 42.5 Å². The molecule has 36 heavy (non-hydrogen) atoms. The van der Waals surface area contributed by atoms with Gasteiger partial charge >= 0.3 is 0 Å². The van der Waals surface area contributed by atoms with Crippen LogP contribution in [0, 0.1) is 29.6 Å². The number of nitrogens with one attached hydrogen (secondary N) is 1. The summed E-state index contributed by atoms with van der Waals surface area (Å²) in [6.07, 6.45) is 1.64. The summed E-state index contributed by atoms with van der Waals surface area (Å²) >= 11 is 6.54. The molecule has 1 fully saturated rings. The van der Waals surface area contributed by atoms with Gasteiger partial charge < -0.3 is 5.32 Å². The van der Waals surface area contributed by atoms with Gasteiger partial charge in [0.15, 0.2) is 5.69 Å². The minimum Gasteiger partial charge on any atom is -0.348 e. The number of carbonyl (C=O) groups is 1. The van der Waals surface area contributed by atoms with Gasteiger partial charge in [-0.3, -0.25) is 4.79 Å². The predicted molar refractivity (Wildman–Crippen MR) is 137 cm³/mol. The topological polar surface area (TPSA) is 129 Å². The lowest BCUT2D eigenvalue weighted by molar-refractivity contribution is 0.0928. The summed E-state index contributed by atoms with van der Waals surface area (Å²) in [6.45, 7) is 1.91. The molecule has 1 aliphatic heterocycles. The number of nitriles is 2. The summed E-state index contributed by atoms with van der Waals surface area (Å²) < 4.78 is 25.0. The number of nitrogens with zero attached hydrogens (tertiary/aromatic N) is 4. The average molecular weight is 522 g/mol. The number of aryl methyl sites for hydroxylation is 2. The zero-order valence-corrected chi connectivity index (χ0v) is 21.2. The Kier molecular flexibility index (Phi) is 7.44. The lowest BCUT2D eigenvalue weighted by Crippen LogP contribution is -2.41. The van der Waals surface area contributed by atoms with Crippen LogP contribution in [0.2, 0.25) is 5.02 Å². The Morgan fingerprint density at radius 2 is 1.86 bits per heavy atom. The third-order valence-corrected chi connectivity index (χ3v) is 8.20. The number of benzene rings is 2. The van der Waals surface area contributed by atoms with E-state index >= 15 is 0 Å². The van der Waals surface area contributed by atoms with Crippen molar-refractivity contribution in [2.24, 2.45) is 0 Å². The second kappa shape index (κ2) is 10.5. The highest BCUT2D eigenvalue weighted by molar-refractivity contribution is 7.91. The van der Waals surface area contributed by atoms with Gasteiger partial charge in [-0.25, -0.2) is 13.1 Å². The molecule has 10 heteroatoms. The molecule has 0 aliphatic carbocycles. The van der Waals surface area contributed by atoms with Crippen LogP contribution in [0.5, 0.6) is 0 Å². The second-order valence-corrected chi connectivity index (χ2v) is 11.5. The Hall–Kier alpha value is -3.66. The van der Waals surface area contributed by atoms with E-state index in [0.29, 0.717) is 47.7 Å². The molecule has 0 bridgehead atoms. The zero-order valence-electron chi connectivity index (χ0n) is 19.7. The number of amides is 1. The number of rotatable bonds is 6. The summed E-state index contributed by atoms with van der Waals surface area (Å²) in [5, 5.41) is 26.7. The van der Waals surface area contributed by atoms with Crippen molar-refractivity contribution >= 4 is 27.3 Å². The average Bonchev–Trinajstić information content (AvgIpc) is 3.24. The Morgan fingerprint density at radius 1 is 1.17 bits per heavy atom. The van der Waals surface area contributed by atoms with E-state index in [9.17, 15) is 18.5 Å². The first kappa shape index (κ1) is 25.4. The van der Waals surface area contributed by atoms with Crippen molar-refractivity contribution in [3.05, 3.63) is 69.9 Å². The number of sulfone groups is 1. The molecule has 1 saturated heterocycles. The molecule has 0 radical (unpaired) electrons. The van der Waals surface area contributed by atoms with Gasteiger partial charge in [-0.15, -0.1) is 0 Å². The Bertz CT molecular complexity index is 1480. The molecule has 0 spiro atoms. The quantitative estimate of drug-likeness (QED) is 0.519. The first-order valence-corrected chi connectivity index (χ1v) is 13.7. The van der Waals surface area contributed by atoms with Gasteiger partial charge in [0.1, 0.15) is 21.5 Å². The first-order valence-electron chi connectivity index (χ1n) is 11.5. The fraction of sp³-hybridized carbons (Fsp3) is 0.308. The highest BCUT2D eigenvalue weighted by Crippen LogP contribution is 2.32. The molecule has 1 aromatic heterocycles. The third-order valence-electron chi connectivity index (χ3n) is 6.19. The van der Waals surface area contributed by atoms with E-state index in [-0.39, 0.29) is 28.8 Å². The summed E-state index contributed by atoms with van der Waals surface area (Å²) in [5.41, 5.74) is 3.58. The van der Waals surface area contributed by atoms with Gasteiger partial charge in [-0.1, -0.05) is 41.9 Å². The molecular weight excluding hydrogens is 498 g/mol. The van der Waals surface area contributed by atoms with Gasteiger partial charge in [0.25, 0.3) is 5.91 Å². The number of aromatic nitrogens is 2. The van der Waals surface area contributed by atoms with Crippen LogP contribution in [0.3, 0.4) is 0 Å². The number of hydrogen-bond acceptors (Lipinski definition) is 6. The molecule has 4 rings (SSSR count). The molecule has 184 valence electrons. The largest absolute Gasteiger partial charge is 0.348 e.